The molecule has 1 amide bonds. The number of carbonyl (C=O) groups excluding carboxylic acids is 1. The standard InChI is InChI=1S/C16H19ClN2O4/c1-2-21-14-7-11(8-19-9-12-4-3-5-22-12)6-13(17)16(14)23-10-15(18)20/h3-7,19H,2,8-10H2,1H3,(H2,18,20). The summed E-state index contributed by atoms with van der Waals surface area (Å²) in [6.07, 6.45) is 1.63. The highest BCUT2D eigenvalue weighted by Crippen LogP contribution is 2.36. The fraction of sp³-hybridized carbons (Fsp3) is 0.312. The predicted molar refractivity (Wildman–Crippen MR) is 86.6 cm³/mol. The second-order valence-electron chi connectivity index (χ2n) is 4.78. The highest BCUT2D eigenvalue weighted by Gasteiger charge is 2.13. The maximum atomic E-state index is 10.9. The number of furan rings is 1. The number of ether oxygens (including phenoxy) is 2. The number of nitrogens with two attached hydrogens (primary N) is 1. The van der Waals surface area contributed by atoms with Gasteiger partial charge in [0.25, 0.3) is 5.91 Å². The number of rotatable bonds is 9. The lowest BCUT2D eigenvalue weighted by molar-refractivity contribution is -0.119. The molecule has 0 unspecified atom stereocenters. The molecule has 1 aromatic carbocycles. The van der Waals surface area contributed by atoms with Crippen LogP contribution in [0.1, 0.15) is 18.2 Å². The SMILES string of the molecule is CCOc1cc(CNCc2ccco2)cc(Cl)c1OCC(N)=O. The van der Waals surface area contributed by atoms with Gasteiger partial charge in [-0.2, -0.15) is 0 Å². The predicted octanol–water partition coefficient (Wildman–Crippen LogP) is 2.49. The van der Waals surface area contributed by atoms with E-state index in [9.17, 15) is 4.79 Å². The average Bonchev–Trinajstić information content (AvgIpc) is 3.00. The summed E-state index contributed by atoms with van der Waals surface area (Å²) in [5, 5.41) is 3.62. The molecule has 3 N–H and O–H groups in total. The van der Waals surface area contributed by atoms with Gasteiger partial charge in [0.15, 0.2) is 18.1 Å². The van der Waals surface area contributed by atoms with Crippen molar-refractivity contribution >= 4 is 17.5 Å². The lowest BCUT2D eigenvalue weighted by Crippen LogP contribution is -2.20. The Balaban J connectivity index is 2.06. The van der Waals surface area contributed by atoms with Crippen molar-refractivity contribution in [1.29, 1.82) is 0 Å². The largest absolute Gasteiger partial charge is 0.490 e. The lowest BCUT2D eigenvalue weighted by Gasteiger charge is -2.14. The van der Waals surface area contributed by atoms with Crippen LogP contribution in [-0.2, 0) is 17.9 Å². The molecular weight excluding hydrogens is 320 g/mol. The van der Waals surface area contributed by atoms with Gasteiger partial charge in [0.05, 0.1) is 24.4 Å². The molecule has 2 rings (SSSR count). The number of nitrogens with one attached hydrogen (secondary N) is 1. The quantitative estimate of drug-likeness (QED) is 0.733. The van der Waals surface area contributed by atoms with Gasteiger partial charge in [0.2, 0.25) is 0 Å². The third kappa shape index (κ3) is 5.19. The van der Waals surface area contributed by atoms with E-state index in [2.05, 4.69) is 5.32 Å². The third-order valence-corrected chi connectivity index (χ3v) is 3.22. The number of amides is 1. The molecule has 0 atom stereocenters. The van der Waals surface area contributed by atoms with Gasteiger partial charge < -0.3 is 24.9 Å². The first-order chi connectivity index (χ1) is 11.1. The van der Waals surface area contributed by atoms with Gasteiger partial charge >= 0.3 is 0 Å². The van der Waals surface area contributed by atoms with Gasteiger partial charge in [-0.1, -0.05) is 11.6 Å². The molecule has 124 valence electrons. The molecule has 0 aliphatic heterocycles. The summed E-state index contributed by atoms with van der Waals surface area (Å²) in [5.41, 5.74) is 6.02. The van der Waals surface area contributed by atoms with E-state index in [4.69, 9.17) is 31.2 Å². The Bertz CT molecular complexity index is 644. The number of halogens is 1. The van der Waals surface area contributed by atoms with E-state index < -0.39 is 5.91 Å². The van der Waals surface area contributed by atoms with Crippen LogP contribution in [0.5, 0.6) is 11.5 Å². The highest BCUT2D eigenvalue weighted by molar-refractivity contribution is 6.32. The van der Waals surface area contributed by atoms with E-state index >= 15 is 0 Å². The Morgan fingerprint density at radius 1 is 1.35 bits per heavy atom. The van der Waals surface area contributed by atoms with Crippen molar-refractivity contribution in [2.45, 2.75) is 20.0 Å². The van der Waals surface area contributed by atoms with Crippen LogP contribution in [-0.4, -0.2) is 19.1 Å². The molecule has 0 radical (unpaired) electrons. The molecule has 0 aliphatic rings. The van der Waals surface area contributed by atoms with Gasteiger partial charge in [0, 0.05) is 6.54 Å². The first-order valence-corrected chi connectivity index (χ1v) is 7.57. The average molecular weight is 339 g/mol. The Morgan fingerprint density at radius 2 is 2.17 bits per heavy atom. The molecule has 0 fully saturated rings. The number of benzene rings is 1. The van der Waals surface area contributed by atoms with Gasteiger partial charge in [-0.15, -0.1) is 0 Å². The molecule has 0 aliphatic carbocycles. The van der Waals surface area contributed by atoms with Crippen LogP contribution >= 0.6 is 11.6 Å². The molecule has 6 nitrogen and oxygen atoms in total. The van der Waals surface area contributed by atoms with Gasteiger partial charge in [-0.05, 0) is 36.8 Å². The van der Waals surface area contributed by atoms with E-state index in [0.29, 0.717) is 36.2 Å². The van der Waals surface area contributed by atoms with E-state index in [1.165, 1.54) is 0 Å². The fourth-order valence-electron chi connectivity index (χ4n) is 2.01. The highest BCUT2D eigenvalue weighted by atomic mass is 35.5. The Kier molecular flexibility index (Phi) is 6.31. The Hall–Kier alpha value is -2.18. The first-order valence-electron chi connectivity index (χ1n) is 7.19. The van der Waals surface area contributed by atoms with Crippen LogP contribution in [0, 0.1) is 0 Å². The van der Waals surface area contributed by atoms with Crippen LogP contribution in [0.15, 0.2) is 34.9 Å². The minimum absolute atomic E-state index is 0.254. The van der Waals surface area contributed by atoms with Crippen LogP contribution in [0.3, 0.4) is 0 Å². The number of hydrogen-bond acceptors (Lipinski definition) is 5. The van der Waals surface area contributed by atoms with Crippen molar-refractivity contribution in [3.05, 3.63) is 46.9 Å². The normalized spacial score (nSPS) is 10.5. The lowest BCUT2D eigenvalue weighted by atomic mass is 10.2. The summed E-state index contributed by atoms with van der Waals surface area (Å²) >= 11 is 6.23. The maximum Gasteiger partial charge on any atom is 0.255 e. The molecule has 0 saturated carbocycles. The minimum atomic E-state index is -0.576. The zero-order chi connectivity index (χ0) is 16.7. The summed E-state index contributed by atoms with van der Waals surface area (Å²) in [6.45, 7) is 3.24. The molecule has 0 spiro atoms. The summed E-state index contributed by atoms with van der Waals surface area (Å²) in [6, 6.07) is 7.31. The van der Waals surface area contributed by atoms with Crippen molar-refractivity contribution in [2.75, 3.05) is 13.2 Å². The van der Waals surface area contributed by atoms with Crippen molar-refractivity contribution < 1.29 is 18.7 Å². The van der Waals surface area contributed by atoms with Crippen molar-refractivity contribution in [3.63, 3.8) is 0 Å². The van der Waals surface area contributed by atoms with E-state index in [-0.39, 0.29) is 6.61 Å². The zero-order valence-corrected chi connectivity index (χ0v) is 13.6. The van der Waals surface area contributed by atoms with Crippen LogP contribution in [0.25, 0.3) is 0 Å². The third-order valence-electron chi connectivity index (χ3n) is 2.94. The summed E-state index contributed by atoms with van der Waals surface area (Å²) in [4.78, 5) is 10.9. The number of carbonyl (C=O) groups is 1. The van der Waals surface area contributed by atoms with Crippen molar-refractivity contribution in [1.82, 2.24) is 5.32 Å². The molecule has 0 saturated heterocycles. The van der Waals surface area contributed by atoms with Gasteiger partial charge in [-0.3, -0.25) is 4.79 Å². The molecular formula is C16H19ClN2O4. The summed E-state index contributed by atoms with van der Waals surface area (Å²) in [7, 11) is 0. The number of primary amides is 1. The van der Waals surface area contributed by atoms with E-state index in [1.807, 2.05) is 25.1 Å². The van der Waals surface area contributed by atoms with Crippen molar-refractivity contribution in [3.8, 4) is 11.5 Å². The molecule has 2 aromatic rings. The van der Waals surface area contributed by atoms with Crippen molar-refractivity contribution in [2.24, 2.45) is 5.73 Å². The number of hydrogen-bond donors (Lipinski definition) is 2. The second-order valence-corrected chi connectivity index (χ2v) is 5.18. The molecule has 7 heteroatoms. The second kappa shape index (κ2) is 8.45. The Morgan fingerprint density at radius 3 is 2.83 bits per heavy atom. The van der Waals surface area contributed by atoms with Crippen LogP contribution in [0.4, 0.5) is 0 Å². The van der Waals surface area contributed by atoms with E-state index in [0.717, 1.165) is 11.3 Å². The maximum absolute atomic E-state index is 10.9. The van der Waals surface area contributed by atoms with E-state index in [1.54, 1.807) is 12.3 Å². The summed E-state index contributed by atoms with van der Waals surface area (Å²) < 4.78 is 16.1. The van der Waals surface area contributed by atoms with Crippen LogP contribution < -0.4 is 20.5 Å². The summed E-state index contributed by atoms with van der Waals surface area (Å²) in [5.74, 6) is 1.08. The monoisotopic (exact) mass is 338 g/mol. The molecule has 1 heterocycles. The Labute approximate surface area is 139 Å². The first kappa shape index (κ1) is 17.2. The minimum Gasteiger partial charge on any atom is -0.490 e. The topological polar surface area (TPSA) is 86.7 Å². The van der Waals surface area contributed by atoms with Gasteiger partial charge in [-0.25, -0.2) is 0 Å². The molecule has 1 aromatic heterocycles. The fourth-order valence-corrected chi connectivity index (χ4v) is 2.30. The smallest absolute Gasteiger partial charge is 0.255 e. The zero-order valence-electron chi connectivity index (χ0n) is 12.8. The molecule has 0 bridgehead atoms. The molecule has 23 heavy (non-hydrogen) atoms. The van der Waals surface area contributed by atoms with Crippen LogP contribution in [0.2, 0.25) is 5.02 Å². The van der Waals surface area contributed by atoms with Gasteiger partial charge in [0.1, 0.15) is 5.76 Å².